The first-order valence-corrected chi connectivity index (χ1v) is 11.3. The molecule has 24 heavy (non-hydrogen) atoms. The highest BCUT2D eigenvalue weighted by atomic mass is 15.1. The minimum absolute atomic E-state index is 0.626. The van der Waals surface area contributed by atoms with Gasteiger partial charge in [-0.05, 0) is 57.2 Å². The second-order valence-electron chi connectivity index (χ2n) is 8.91. The Balaban J connectivity index is 2.37. The quantitative estimate of drug-likeness (QED) is 0.298. The van der Waals surface area contributed by atoms with Crippen LogP contribution >= 0.6 is 0 Å². The minimum Gasteiger partial charge on any atom is -0.306 e. The number of piperidine rings is 1. The fourth-order valence-electron chi connectivity index (χ4n) is 4.54. The maximum atomic E-state index is 2.62. The maximum Gasteiger partial charge on any atom is -0.00165 e. The van der Waals surface area contributed by atoms with Crippen molar-refractivity contribution in [3.8, 4) is 0 Å². The van der Waals surface area contributed by atoms with Gasteiger partial charge in [-0.15, -0.1) is 0 Å². The fourth-order valence-corrected chi connectivity index (χ4v) is 4.54. The van der Waals surface area contributed by atoms with Gasteiger partial charge in [0.1, 0.15) is 0 Å². The highest BCUT2D eigenvalue weighted by Gasteiger charge is 2.35. The Morgan fingerprint density at radius 2 is 1.12 bits per heavy atom. The van der Waals surface area contributed by atoms with Gasteiger partial charge in [0.2, 0.25) is 0 Å². The summed E-state index contributed by atoms with van der Waals surface area (Å²) in [7, 11) is 2.30. The normalized spacial score (nSPS) is 19.5. The third-order valence-corrected chi connectivity index (χ3v) is 6.68. The van der Waals surface area contributed by atoms with Gasteiger partial charge in [-0.25, -0.2) is 0 Å². The van der Waals surface area contributed by atoms with Crippen molar-refractivity contribution in [2.75, 3.05) is 20.1 Å². The van der Waals surface area contributed by atoms with Gasteiger partial charge in [0.05, 0.1) is 0 Å². The van der Waals surface area contributed by atoms with E-state index in [0.717, 1.165) is 5.92 Å². The van der Waals surface area contributed by atoms with Crippen LogP contribution in [0.1, 0.15) is 117 Å². The topological polar surface area (TPSA) is 3.24 Å². The summed E-state index contributed by atoms with van der Waals surface area (Å²) >= 11 is 0. The molecule has 0 saturated carbocycles. The molecule has 1 aliphatic heterocycles. The summed E-state index contributed by atoms with van der Waals surface area (Å²) in [5.74, 6) is 0.985. The molecule has 0 aromatic heterocycles. The van der Waals surface area contributed by atoms with Crippen molar-refractivity contribution in [1.29, 1.82) is 0 Å². The lowest BCUT2D eigenvalue weighted by atomic mass is 9.66. The smallest absolute Gasteiger partial charge is 0.00165 e. The molecule has 0 bridgehead atoms. The zero-order chi connectivity index (χ0) is 17.7. The van der Waals surface area contributed by atoms with Gasteiger partial charge >= 0.3 is 0 Å². The summed E-state index contributed by atoms with van der Waals surface area (Å²) in [4.78, 5) is 2.53. The molecule has 0 aromatic rings. The van der Waals surface area contributed by atoms with Crippen LogP contribution in [0, 0.1) is 11.3 Å². The van der Waals surface area contributed by atoms with E-state index in [-0.39, 0.29) is 0 Å². The molecule has 1 nitrogen and oxygen atoms in total. The van der Waals surface area contributed by atoms with Gasteiger partial charge in [-0.3, -0.25) is 0 Å². The van der Waals surface area contributed by atoms with E-state index in [4.69, 9.17) is 0 Å². The average molecular weight is 338 g/mol. The predicted molar refractivity (Wildman–Crippen MR) is 110 cm³/mol. The fraction of sp³-hybridized carbons (Fsp3) is 1.00. The molecule has 0 N–H and O–H groups in total. The van der Waals surface area contributed by atoms with Crippen LogP contribution in [-0.2, 0) is 0 Å². The summed E-state index contributed by atoms with van der Waals surface area (Å²) in [6.07, 6.45) is 21.7. The Kier molecular flexibility index (Phi) is 12.1. The van der Waals surface area contributed by atoms with Crippen molar-refractivity contribution in [2.24, 2.45) is 11.3 Å². The molecule has 1 heteroatoms. The molecule has 0 aliphatic carbocycles. The zero-order valence-corrected chi connectivity index (χ0v) is 17.5. The summed E-state index contributed by atoms with van der Waals surface area (Å²) in [6.45, 7) is 9.89. The van der Waals surface area contributed by atoms with Crippen molar-refractivity contribution in [3.63, 3.8) is 0 Å². The molecule has 0 spiro atoms. The lowest BCUT2D eigenvalue weighted by molar-refractivity contribution is 0.0631. The van der Waals surface area contributed by atoms with Crippen molar-refractivity contribution < 1.29 is 0 Å². The van der Waals surface area contributed by atoms with Crippen LogP contribution in [0.15, 0.2) is 0 Å². The SMILES string of the molecule is CCCCCCCCC(CCCCCCC)C1(C)CCN(C)CC1. The molecule has 144 valence electrons. The number of hydrogen-bond acceptors (Lipinski definition) is 1. The standard InChI is InChI=1S/C23H47N/c1-5-7-9-11-13-15-17-22(16-14-12-10-8-6-2)23(3)18-20-24(4)21-19-23/h22H,5-21H2,1-4H3. The van der Waals surface area contributed by atoms with E-state index >= 15 is 0 Å². The van der Waals surface area contributed by atoms with Crippen molar-refractivity contribution in [2.45, 2.75) is 117 Å². The second kappa shape index (κ2) is 13.2. The van der Waals surface area contributed by atoms with E-state index < -0.39 is 0 Å². The predicted octanol–water partition coefficient (Wildman–Crippen LogP) is 7.45. The van der Waals surface area contributed by atoms with Gasteiger partial charge < -0.3 is 4.90 Å². The molecule has 0 radical (unpaired) electrons. The van der Waals surface area contributed by atoms with Crippen LogP contribution in [0.3, 0.4) is 0 Å². The molecule has 1 rings (SSSR count). The molecule has 1 fully saturated rings. The third kappa shape index (κ3) is 8.88. The first-order valence-electron chi connectivity index (χ1n) is 11.3. The summed E-state index contributed by atoms with van der Waals surface area (Å²) < 4.78 is 0. The van der Waals surface area contributed by atoms with E-state index in [1.54, 1.807) is 0 Å². The van der Waals surface area contributed by atoms with Gasteiger partial charge in [0.25, 0.3) is 0 Å². The molecule has 1 atom stereocenters. The van der Waals surface area contributed by atoms with Crippen molar-refractivity contribution in [3.05, 3.63) is 0 Å². The molecule has 0 amide bonds. The Labute approximate surface area is 154 Å². The highest BCUT2D eigenvalue weighted by molar-refractivity contribution is 4.87. The van der Waals surface area contributed by atoms with Crippen molar-refractivity contribution in [1.82, 2.24) is 4.90 Å². The largest absolute Gasteiger partial charge is 0.306 e. The number of nitrogens with zero attached hydrogens (tertiary/aromatic N) is 1. The summed E-state index contributed by atoms with van der Waals surface area (Å²) in [6, 6.07) is 0. The Hall–Kier alpha value is -0.0400. The molecular formula is C23H47N. The van der Waals surface area contributed by atoms with Crippen molar-refractivity contribution >= 4 is 0 Å². The van der Waals surface area contributed by atoms with E-state index in [1.807, 2.05) is 0 Å². The van der Waals surface area contributed by atoms with Gasteiger partial charge in [-0.2, -0.15) is 0 Å². The van der Waals surface area contributed by atoms with Gasteiger partial charge in [0, 0.05) is 0 Å². The molecular weight excluding hydrogens is 290 g/mol. The Bertz CT molecular complexity index is 278. The maximum absolute atomic E-state index is 2.62. The third-order valence-electron chi connectivity index (χ3n) is 6.68. The summed E-state index contributed by atoms with van der Waals surface area (Å²) in [5, 5.41) is 0. The number of likely N-dealkylation sites (tertiary alicyclic amines) is 1. The van der Waals surface area contributed by atoms with Crippen LogP contribution in [0.2, 0.25) is 0 Å². The number of hydrogen-bond donors (Lipinski definition) is 0. The number of unbranched alkanes of at least 4 members (excludes halogenated alkanes) is 9. The van der Waals surface area contributed by atoms with E-state index in [9.17, 15) is 0 Å². The van der Waals surface area contributed by atoms with Gasteiger partial charge in [0.15, 0.2) is 0 Å². The first kappa shape index (κ1) is 22.0. The molecule has 1 saturated heterocycles. The lowest BCUT2D eigenvalue weighted by Gasteiger charge is -2.44. The van der Waals surface area contributed by atoms with E-state index in [0.29, 0.717) is 5.41 Å². The number of rotatable bonds is 14. The molecule has 1 aliphatic rings. The minimum atomic E-state index is 0.626. The van der Waals surface area contributed by atoms with E-state index in [1.165, 1.54) is 109 Å². The van der Waals surface area contributed by atoms with Crippen LogP contribution in [0.5, 0.6) is 0 Å². The first-order chi connectivity index (χ1) is 11.6. The lowest BCUT2D eigenvalue weighted by Crippen LogP contribution is -2.40. The van der Waals surface area contributed by atoms with Crippen LogP contribution in [0.25, 0.3) is 0 Å². The monoisotopic (exact) mass is 337 g/mol. The van der Waals surface area contributed by atoms with Crippen LogP contribution < -0.4 is 0 Å². The highest BCUT2D eigenvalue weighted by Crippen LogP contribution is 2.43. The van der Waals surface area contributed by atoms with Crippen LogP contribution in [0.4, 0.5) is 0 Å². The average Bonchev–Trinajstić information content (AvgIpc) is 2.58. The zero-order valence-electron chi connectivity index (χ0n) is 17.5. The second-order valence-corrected chi connectivity index (χ2v) is 8.91. The molecule has 1 heterocycles. The van der Waals surface area contributed by atoms with Gasteiger partial charge in [-0.1, -0.05) is 91.4 Å². The molecule has 1 unspecified atom stereocenters. The summed E-state index contributed by atoms with van der Waals surface area (Å²) in [5.41, 5.74) is 0.626. The van der Waals surface area contributed by atoms with Crippen LogP contribution in [-0.4, -0.2) is 25.0 Å². The Morgan fingerprint density at radius 3 is 1.58 bits per heavy atom. The Morgan fingerprint density at radius 1 is 0.708 bits per heavy atom. The molecule has 0 aromatic carbocycles. The van der Waals surface area contributed by atoms with E-state index in [2.05, 4.69) is 32.7 Å².